The molecule has 0 aromatic heterocycles. The maximum Gasteiger partial charge on any atom is 0.0972 e. The molecule has 0 bridgehead atoms. The topological polar surface area (TPSA) is 49.3 Å². The predicted molar refractivity (Wildman–Crippen MR) is 107 cm³/mol. The molecule has 1 aromatic rings. The van der Waals surface area contributed by atoms with Crippen LogP contribution in [-0.4, -0.2) is 26.2 Å². The fraction of sp³-hybridized carbons (Fsp3) is 0.714. The summed E-state index contributed by atoms with van der Waals surface area (Å²) >= 11 is 0. The van der Waals surface area contributed by atoms with Crippen LogP contribution in [0.15, 0.2) is 30.3 Å². The van der Waals surface area contributed by atoms with E-state index in [4.69, 9.17) is 0 Å². The molecule has 1 aliphatic carbocycles. The van der Waals surface area contributed by atoms with Crippen LogP contribution in [0.5, 0.6) is 0 Å². The lowest BCUT2D eigenvalue weighted by Crippen LogP contribution is -2.50. The number of rotatable bonds is 7. The third-order valence-electron chi connectivity index (χ3n) is 5.45. The molecular weight excluding hydrogens is 330 g/mol. The van der Waals surface area contributed by atoms with E-state index in [0.29, 0.717) is 5.92 Å². The highest BCUT2D eigenvalue weighted by Gasteiger charge is 2.38. The van der Waals surface area contributed by atoms with Gasteiger partial charge in [-0.25, -0.2) is 8.93 Å². The number of hydrogen-bond donors (Lipinski definition) is 2. The molecule has 0 heterocycles. The second-order valence-electron chi connectivity index (χ2n) is 8.37. The summed E-state index contributed by atoms with van der Waals surface area (Å²) in [4.78, 5) is 0. The van der Waals surface area contributed by atoms with Gasteiger partial charge in [0.1, 0.15) is 0 Å². The first-order valence-corrected chi connectivity index (χ1v) is 10.9. The number of aliphatic hydroxyl groups excluding tert-OH is 1. The zero-order valence-electron chi connectivity index (χ0n) is 16.2. The van der Waals surface area contributed by atoms with Gasteiger partial charge in [-0.1, -0.05) is 50.1 Å². The Hall–Kier alpha value is -0.710. The molecule has 25 heavy (non-hydrogen) atoms. The van der Waals surface area contributed by atoms with E-state index in [-0.39, 0.29) is 22.8 Å². The van der Waals surface area contributed by atoms with Crippen LogP contribution in [0.4, 0.5) is 0 Å². The largest absolute Gasteiger partial charge is 0.393 e. The standard InChI is InChI=1S/C21H35NO2S/c1-5-17-12-9-13-19(23)20(17)18(22-25(24)21(2,3)4)15-14-16-10-7-6-8-11-16/h6-8,10-11,17-20,22-23H,5,9,12-15H2,1-4H3/t17-,18-,19+,20-,25?/m1/s1. The van der Waals surface area contributed by atoms with Gasteiger partial charge in [0.05, 0.1) is 21.8 Å². The molecule has 0 radical (unpaired) electrons. The number of aryl methyl sites for hydroxylation is 1. The Morgan fingerprint density at radius 1 is 1.24 bits per heavy atom. The zero-order valence-corrected chi connectivity index (χ0v) is 17.0. The van der Waals surface area contributed by atoms with Crippen molar-refractivity contribution in [2.75, 3.05) is 0 Å². The molecule has 0 saturated heterocycles. The number of nitrogens with one attached hydrogen (secondary N) is 1. The Bertz CT molecular complexity index is 541. The highest BCUT2D eigenvalue weighted by atomic mass is 32.2. The molecule has 142 valence electrons. The van der Waals surface area contributed by atoms with Gasteiger partial charge in [0.2, 0.25) is 0 Å². The van der Waals surface area contributed by atoms with Gasteiger partial charge in [-0.3, -0.25) is 0 Å². The molecule has 2 rings (SSSR count). The van der Waals surface area contributed by atoms with E-state index in [1.54, 1.807) is 0 Å². The summed E-state index contributed by atoms with van der Waals surface area (Å²) in [5.41, 5.74) is 1.30. The van der Waals surface area contributed by atoms with Gasteiger partial charge in [0.25, 0.3) is 0 Å². The van der Waals surface area contributed by atoms with Gasteiger partial charge < -0.3 is 5.11 Å². The van der Waals surface area contributed by atoms with E-state index in [2.05, 4.69) is 35.9 Å². The predicted octanol–water partition coefficient (Wildman–Crippen LogP) is 4.23. The van der Waals surface area contributed by atoms with Crippen molar-refractivity contribution >= 4 is 11.0 Å². The molecule has 0 aliphatic heterocycles. The summed E-state index contributed by atoms with van der Waals surface area (Å²) in [6, 6.07) is 10.5. The Labute approximate surface area is 156 Å². The summed E-state index contributed by atoms with van der Waals surface area (Å²) in [7, 11) is -1.12. The summed E-state index contributed by atoms with van der Waals surface area (Å²) in [5, 5.41) is 10.7. The first-order valence-electron chi connectivity index (χ1n) is 9.73. The first kappa shape index (κ1) is 20.6. The van der Waals surface area contributed by atoms with Gasteiger partial charge >= 0.3 is 0 Å². The smallest absolute Gasteiger partial charge is 0.0972 e. The second-order valence-corrected chi connectivity index (χ2v) is 10.4. The molecule has 1 unspecified atom stereocenters. The molecule has 0 amide bonds. The lowest BCUT2D eigenvalue weighted by Gasteiger charge is -2.41. The van der Waals surface area contributed by atoms with Crippen molar-refractivity contribution < 1.29 is 9.32 Å². The van der Waals surface area contributed by atoms with Crippen LogP contribution < -0.4 is 4.72 Å². The molecule has 3 nitrogen and oxygen atoms in total. The molecule has 4 heteroatoms. The number of aliphatic hydroxyl groups is 1. The second kappa shape index (κ2) is 9.29. The van der Waals surface area contributed by atoms with Crippen LogP contribution in [0.25, 0.3) is 0 Å². The van der Waals surface area contributed by atoms with Crippen molar-refractivity contribution in [1.82, 2.24) is 4.72 Å². The van der Waals surface area contributed by atoms with Gasteiger partial charge in [-0.15, -0.1) is 0 Å². The van der Waals surface area contributed by atoms with Crippen LogP contribution in [0.3, 0.4) is 0 Å². The van der Waals surface area contributed by atoms with E-state index in [0.717, 1.165) is 32.1 Å². The molecular formula is C21H35NO2S. The number of hydrogen-bond acceptors (Lipinski definition) is 2. The van der Waals surface area contributed by atoms with Crippen molar-refractivity contribution in [3.8, 4) is 0 Å². The van der Waals surface area contributed by atoms with Gasteiger partial charge in [-0.05, 0) is 57.9 Å². The van der Waals surface area contributed by atoms with Crippen LogP contribution in [0.2, 0.25) is 0 Å². The summed E-state index contributed by atoms with van der Waals surface area (Å²) in [6.07, 6.45) is 5.78. The maximum atomic E-state index is 12.7. The van der Waals surface area contributed by atoms with Crippen LogP contribution in [-0.2, 0) is 17.4 Å². The Balaban J connectivity index is 2.16. The van der Waals surface area contributed by atoms with Gasteiger partial charge in [0, 0.05) is 12.0 Å². The van der Waals surface area contributed by atoms with E-state index < -0.39 is 11.0 Å². The molecule has 5 atom stereocenters. The maximum absolute atomic E-state index is 12.7. The zero-order chi connectivity index (χ0) is 18.4. The van der Waals surface area contributed by atoms with Gasteiger partial charge in [-0.2, -0.15) is 0 Å². The molecule has 0 spiro atoms. The molecule has 1 aliphatic rings. The minimum absolute atomic E-state index is 0.0838. The lowest BCUT2D eigenvalue weighted by atomic mass is 9.71. The summed E-state index contributed by atoms with van der Waals surface area (Å²) in [6.45, 7) is 8.21. The number of benzene rings is 1. The minimum Gasteiger partial charge on any atom is -0.393 e. The fourth-order valence-corrected chi connectivity index (χ4v) is 4.88. The average molecular weight is 366 g/mol. The van der Waals surface area contributed by atoms with E-state index in [9.17, 15) is 9.32 Å². The molecule has 2 N–H and O–H groups in total. The van der Waals surface area contributed by atoms with Crippen molar-refractivity contribution in [1.29, 1.82) is 0 Å². The van der Waals surface area contributed by atoms with Crippen molar-refractivity contribution in [2.24, 2.45) is 11.8 Å². The first-order chi connectivity index (χ1) is 11.8. The van der Waals surface area contributed by atoms with E-state index >= 15 is 0 Å². The summed E-state index contributed by atoms with van der Waals surface area (Å²) < 4.78 is 15.9. The van der Waals surface area contributed by atoms with Crippen molar-refractivity contribution in [3.63, 3.8) is 0 Å². The highest BCUT2D eigenvalue weighted by Crippen LogP contribution is 2.36. The van der Waals surface area contributed by atoms with Crippen LogP contribution in [0, 0.1) is 11.8 Å². The van der Waals surface area contributed by atoms with Gasteiger partial charge in [0.15, 0.2) is 0 Å². The average Bonchev–Trinajstić information content (AvgIpc) is 2.58. The quantitative estimate of drug-likeness (QED) is 0.760. The molecule has 1 fully saturated rings. The van der Waals surface area contributed by atoms with Crippen LogP contribution >= 0.6 is 0 Å². The fourth-order valence-electron chi connectivity index (χ4n) is 3.97. The third-order valence-corrected chi connectivity index (χ3v) is 7.08. The normalized spacial score (nSPS) is 27.0. The molecule has 1 saturated carbocycles. The van der Waals surface area contributed by atoms with Crippen molar-refractivity contribution in [2.45, 2.75) is 83.1 Å². The van der Waals surface area contributed by atoms with Crippen molar-refractivity contribution in [3.05, 3.63) is 35.9 Å². The van der Waals surface area contributed by atoms with E-state index in [1.165, 1.54) is 12.0 Å². The Morgan fingerprint density at radius 2 is 1.92 bits per heavy atom. The third kappa shape index (κ3) is 5.90. The lowest BCUT2D eigenvalue weighted by molar-refractivity contribution is 0.0123. The van der Waals surface area contributed by atoms with E-state index in [1.807, 2.05) is 26.8 Å². The summed E-state index contributed by atoms with van der Waals surface area (Å²) in [5.74, 6) is 0.697. The minimum atomic E-state index is -1.12. The van der Waals surface area contributed by atoms with Crippen LogP contribution in [0.1, 0.15) is 65.4 Å². The highest BCUT2D eigenvalue weighted by molar-refractivity contribution is 7.84. The Kier molecular flexibility index (Phi) is 7.66. The SMILES string of the molecule is CC[C@@H]1CCC[C@H](O)[C@H]1[C@@H](CCc1ccccc1)NS(=O)C(C)(C)C. The monoisotopic (exact) mass is 365 g/mol. The molecule has 1 aromatic carbocycles. The Morgan fingerprint density at radius 3 is 2.52 bits per heavy atom.